The Bertz CT molecular complexity index is 854. The number of halogens is 1. The molecular weight excluding hydrogens is 284 g/mol. The molecule has 0 saturated heterocycles. The van der Waals surface area contributed by atoms with E-state index >= 15 is 0 Å². The Kier molecular flexibility index (Phi) is 3.72. The lowest BCUT2D eigenvalue weighted by Crippen LogP contribution is -1.95. The summed E-state index contributed by atoms with van der Waals surface area (Å²) < 4.78 is 1.86. The lowest BCUT2D eigenvalue weighted by atomic mass is 10.1. The summed E-state index contributed by atoms with van der Waals surface area (Å²) in [5.41, 5.74) is 3.33. The second kappa shape index (κ2) is 5.82. The molecule has 0 aliphatic carbocycles. The molecule has 0 amide bonds. The number of hydrogen-bond donors (Lipinski definition) is 0. The monoisotopic (exact) mass is 294 g/mol. The summed E-state index contributed by atoms with van der Waals surface area (Å²) in [6, 6.07) is 14.9. The molecule has 0 saturated carbocycles. The Morgan fingerprint density at radius 3 is 2.67 bits per heavy atom. The molecule has 0 unspecified atom stereocenters. The molecule has 0 spiro atoms. The molecule has 3 rings (SSSR count). The summed E-state index contributed by atoms with van der Waals surface area (Å²) >= 11 is 6.13. The van der Waals surface area contributed by atoms with Crippen molar-refractivity contribution in [1.82, 2.24) is 9.55 Å². The van der Waals surface area contributed by atoms with E-state index in [0.29, 0.717) is 17.4 Å². The van der Waals surface area contributed by atoms with E-state index in [0.717, 1.165) is 22.9 Å². The van der Waals surface area contributed by atoms with Crippen LogP contribution >= 0.6 is 11.6 Å². The summed E-state index contributed by atoms with van der Waals surface area (Å²) in [6.45, 7) is 0.467. The molecule has 1 aromatic heterocycles. The van der Waals surface area contributed by atoms with Crippen LogP contribution in [0.5, 0.6) is 0 Å². The van der Waals surface area contributed by atoms with Crippen molar-refractivity contribution >= 4 is 28.9 Å². The van der Waals surface area contributed by atoms with Crippen LogP contribution < -0.4 is 0 Å². The van der Waals surface area contributed by atoms with Gasteiger partial charge in [0.15, 0.2) is 0 Å². The van der Waals surface area contributed by atoms with Crippen LogP contribution in [0.4, 0.5) is 0 Å². The smallest absolute Gasteiger partial charge is 0.204 e. The van der Waals surface area contributed by atoms with Gasteiger partial charge in [0.2, 0.25) is 5.28 Å². The first-order valence-corrected chi connectivity index (χ1v) is 6.80. The quantitative estimate of drug-likeness (QED) is 0.535. The first kappa shape index (κ1) is 13.4. The van der Waals surface area contributed by atoms with Gasteiger partial charge in [0.1, 0.15) is 6.29 Å². The number of carbonyl (C=O) groups excluding carboxylic acids is 1. The highest BCUT2D eigenvalue weighted by Crippen LogP contribution is 2.18. The van der Waals surface area contributed by atoms with Crippen LogP contribution in [0.1, 0.15) is 15.9 Å². The maximum Gasteiger partial charge on any atom is 0.204 e. The van der Waals surface area contributed by atoms with E-state index in [4.69, 9.17) is 11.6 Å². The fourth-order valence-electron chi connectivity index (χ4n) is 2.06. The molecule has 0 N–H and O–H groups in total. The summed E-state index contributed by atoms with van der Waals surface area (Å²) in [5, 5.41) is 0.432. The molecule has 21 heavy (non-hydrogen) atoms. The van der Waals surface area contributed by atoms with Gasteiger partial charge < -0.3 is 4.57 Å². The number of imidazole rings is 1. The third kappa shape index (κ3) is 2.81. The molecule has 0 aliphatic heterocycles. The number of nitrogens with zero attached hydrogens (tertiary/aromatic N) is 2. The molecule has 0 fully saturated rings. The third-order valence-electron chi connectivity index (χ3n) is 3.12. The molecule has 0 radical (unpaired) electrons. The minimum Gasteiger partial charge on any atom is -0.303 e. The molecule has 2 aromatic carbocycles. The zero-order valence-corrected chi connectivity index (χ0v) is 11.8. The van der Waals surface area contributed by atoms with Gasteiger partial charge in [-0.1, -0.05) is 36.1 Å². The predicted octanol–water partition coefficient (Wildman–Crippen LogP) is 3.55. The Labute approximate surface area is 127 Å². The lowest BCUT2D eigenvalue weighted by Gasteiger charge is -1.99. The molecule has 1 heterocycles. The Morgan fingerprint density at radius 1 is 1.14 bits per heavy atom. The molecule has 0 bridgehead atoms. The van der Waals surface area contributed by atoms with Crippen molar-refractivity contribution in [3.05, 3.63) is 64.9 Å². The third-order valence-corrected chi connectivity index (χ3v) is 3.41. The van der Waals surface area contributed by atoms with Gasteiger partial charge >= 0.3 is 0 Å². The van der Waals surface area contributed by atoms with Gasteiger partial charge in [0.05, 0.1) is 17.6 Å². The highest BCUT2D eigenvalue weighted by atomic mass is 35.5. The zero-order chi connectivity index (χ0) is 14.7. The number of fused-ring (bicyclic) bond motifs is 1. The van der Waals surface area contributed by atoms with Crippen molar-refractivity contribution in [2.45, 2.75) is 6.54 Å². The number of para-hydroxylation sites is 2. The maximum atomic E-state index is 10.6. The topological polar surface area (TPSA) is 34.9 Å². The lowest BCUT2D eigenvalue weighted by molar-refractivity contribution is 0.112. The van der Waals surface area contributed by atoms with Crippen molar-refractivity contribution in [3.8, 4) is 11.8 Å². The summed E-state index contributed by atoms with van der Waals surface area (Å²) in [6.07, 6.45) is 0.814. The van der Waals surface area contributed by atoms with Gasteiger partial charge in [0.25, 0.3) is 0 Å². The molecule has 102 valence electrons. The Morgan fingerprint density at radius 2 is 1.90 bits per heavy atom. The van der Waals surface area contributed by atoms with E-state index in [1.54, 1.807) is 12.1 Å². The van der Waals surface area contributed by atoms with E-state index in [-0.39, 0.29) is 0 Å². The minimum absolute atomic E-state index is 0.432. The average molecular weight is 295 g/mol. The minimum atomic E-state index is 0.432. The average Bonchev–Trinajstić information content (AvgIpc) is 2.84. The normalized spacial score (nSPS) is 10.1. The summed E-state index contributed by atoms with van der Waals surface area (Å²) in [7, 11) is 0. The Hall–Kier alpha value is -2.57. The first-order valence-electron chi connectivity index (χ1n) is 6.43. The van der Waals surface area contributed by atoms with Crippen LogP contribution in [0.3, 0.4) is 0 Å². The SMILES string of the molecule is O=Cc1ccc(C#CCn2c(Cl)nc3ccccc32)cc1. The van der Waals surface area contributed by atoms with Gasteiger partial charge in [0, 0.05) is 11.1 Å². The Balaban J connectivity index is 1.85. The second-order valence-electron chi connectivity index (χ2n) is 4.50. The van der Waals surface area contributed by atoms with Crippen molar-refractivity contribution in [2.24, 2.45) is 0 Å². The standard InChI is InChI=1S/C17H11ClN2O/c18-17-19-15-5-1-2-6-16(15)20(17)11-3-4-13-7-9-14(12-21)10-8-13/h1-2,5-10,12H,11H2. The molecule has 3 aromatic rings. The second-order valence-corrected chi connectivity index (χ2v) is 4.84. The highest BCUT2D eigenvalue weighted by Gasteiger charge is 2.06. The van der Waals surface area contributed by atoms with E-state index in [1.165, 1.54) is 0 Å². The van der Waals surface area contributed by atoms with Crippen LogP contribution in [-0.2, 0) is 6.54 Å². The van der Waals surface area contributed by atoms with Gasteiger partial charge in [-0.15, -0.1) is 0 Å². The van der Waals surface area contributed by atoms with E-state index in [2.05, 4.69) is 16.8 Å². The van der Waals surface area contributed by atoms with Crippen molar-refractivity contribution in [2.75, 3.05) is 0 Å². The van der Waals surface area contributed by atoms with Gasteiger partial charge in [-0.05, 0) is 35.9 Å². The molecule has 4 heteroatoms. The summed E-state index contributed by atoms with van der Waals surface area (Å²) in [4.78, 5) is 14.9. The number of hydrogen-bond acceptors (Lipinski definition) is 2. The number of rotatable bonds is 2. The van der Waals surface area contributed by atoms with Gasteiger partial charge in [-0.3, -0.25) is 4.79 Å². The number of carbonyl (C=O) groups is 1. The number of aromatic nitrogens is 2. The summed E-state index contributed by atoms with van der Waals surface area (Å²) in [5.74, 6) is 6.13. The molecule has 0 aliphatic rings. The zero-order valence-electron chi connectivity index (χ0n) is 11.1. The van der Waals surface area contributed by atoms with Crippen LogP contribution in [-0.4, -0.2) is 15.8 Å². The molecule has 3 nitrogen and oxygen atoms in total. The van der Waals surface area contributed by atoms with Gasteiger partial charge in [-0.25, -0.2) is 4.98 Å². The van der Waals surface area contributed by atoms with E-state index < -0.39 is 0 Å². The number of aldehydes is 1. The first-order chi connectivity index (χ1) is 10.3. The molecular formula is C17H11ClN2O. The van der Waals surface area contributed by atoms with Crippen molar-refractivity contribution in [1.29, 1.82) is 0 Å². The fraction of sp³-hybridized carbons (Fsp3) is 0.0588. The largest absolute Gasteiger partial charge is 0.303 e. The van der Waals surface area contributed by atoms with Crippen molar-refractivity contribution < 1.29 is 4.79 Å². The highest BCUT2D eigenvalue weighted by molar-refractivity contribution is 6.29. The van der Waals surface area contributed by atoms with Gasteiger partial charge in [-0.2, -0.15) is 0 Å². The van der Waals surface area contributed by atoms with Crippen LogP contribution in [0, 0.1) is 11.8 Å². The van der Waals surface area contributed by atoms with Crippen LogP contribution in [0.2, 0.25) is 5.28 Å². The fourth-order valence-corrected chi connectivity index (χ4v) is 2.30. The maximum absolute atomic E-state index is 10.6. The number of benzene rings is 2. The molecule has 0 atom stereocenters. The van der Waals surface area contributed by atoms with Crippen molar-refractivity contribution in [3.63, 3.8) is 0 Å². The van der Waals surface area contributed by atoms with Crippen LogP contribution in [0.25, 0.3) is 11.0 Å². The van der Waals surface area contributed by atoms with E-state index in [1.807, 2.05) is 41.0 Å². The van der Waals surface area contributed by atoms with Crippen LogP contribution in [0.15, 0.2) is 48.5 Å². The van der Waals surface area contributed by atoms with E-state index in [9.17, 15) is 4.79 Å². The predicted molar refractivity (Wildman–Crippen MR) is 83.5 cm³/mol.